The van der Waals surface area contributed by atoms with Crippen LogP contribution in [0.5, 0.6) is 0 Å². The molecule has 1 unspecified atom stereocenters. The zero-order valence-electron chi connectivity index (χ0n) is 12.4. The molecule has 2 fully saturated rings. The van der Waals surface area contributed by atoms with Crippen LogP contribution >= 0.6 is 0 Å². The number of rotatable bonds is 3. The van der Waals surface area contributed by atoms with Crippen molar-refractivity contribution in [2.45, 2.75) is 57.9 Å². The van der Waals surface area contributed by atoms with Crippen LogP contribution in [0, 0.1) is 5.92 Å². The highest BCUT2D eigenvalue weighted by Gasteiger charge is 2.32. The summed E-state index contributed by atoms with van der Waals surface area (Å²) >= 11 is 0. The molecule has 0 bridgehead atoms. The molecule has 2 rings (SSSR count). The molecule has 2 amide bonds. The zero-order chi connectivity index (χ0) is 14.5. The first-order valence-electron chi connectivity index (χ1n) is 7.91. The van der Waals surface area contributed by atoms with Gasteiger partial charge in [-0.1, -0.05) is 19.3 Å². The van der Waals surface area contributed by atoms with Crippen LogP contribution in [0.3, 0.4) is 0 Å². The summed E-state index contributed by atoms with van der Waals surface area (Å²) in [4.78, 5) is 27.5. The average molecular weight is 282 g/mol. The van der Waals surface area contributed by atoms with Crippen molar-refractivity contribution in [3.05, 3.63) is 0 Å². The largest absolute Gasteiger partial charge is 0.481 e. The Labute approximate surface area is 120 Å². The number of carbonyl (C=O) groups is 2. The Bertz CT molecular complexity index is 353. The van der Waals surface area contributed by atoms with Crippen molar-refractivity contribution in [1.29, 1.82) is 0 Å². The van der Waals surface area contributed by atoms with Crippen molar-refractivity contribution in [2.24, 2.45) is 5.92 Å². The van der Waals surface area contributed by atoms with Gasteiger partial charge in [0.1, 0.15) is 0 Å². The third-order valence-electron chi connectivity index (χ3n) is 4.64. The summed E-state index contributed by atoms with van der Waals surface area (Å²) in [5, 5.41) is 9.13. The van der Waals surface area contributed by atoms with Crippen molar-refractivity contribution in [1.82, 2.24) is 9.80 Å². The van der Waals surface area contributed by atoms with Gasteiger partial charge in [0.2, 0.25) is 0 Å². The smallest absolute Gasteiger partial charge is 0.320 e. The van der Waals surface area contributed by atoms with Gasteiger partial charge >= 0.3 is 12.0 Å². The molecule has 0 aromatic rings. The van der Waals surface area contributed by atoms with Gasteiger partial charge in [-0.15, -0.1) is 0 Å². The summed E-state index contributed by atoms with van der Waals surface area (Å²) in [6.07, 6.45) is 7.34. The van der Waals surface area contributed by atoms with Crippen LogP contribution in [-0.4, -0.2) is 52.6 Å². The Kier molecular flexibility index (Phi) is 5.26. The van der Waals surface area contributed by atoms with E-state index in [2.05, 4.69) is 0 Å². The minimum Gasteiger partial charge on any atom is -0.481 e. The lowest BCUT2D eigenvalue weighted by molar-refractivity contribution is -0.143. The second-order valence-electron chi connectivity index (χ2n) is 5.98. The maximum Gasteiger partial charge on any atom is 0.320 e. The van der Waals surface area contributed by atoms with E-state index < -0.39 is 11.9 Å². The number of piperidine rings is 1. The molecule has 0 aromatic heterocycles. The van der Waals surface area contributed by atoms with E-state index in [1.807, 2.05) is 11.8 Å². The van der Waals surface area contributed by atoms with Crippen LogP contribution in [0.2, 0.25) is 0 Å². The van der Waals surface area contributed by atoms with E-state index in [0.29, 0.717) is 25.6 Å². The molecular weight excluding hydrogens is 256 g/mol. The Balaban J connectivity index is 1.98. The number of carboxylic acids is 1. The fourth-order valence-electron chi connectivity index (χ4n) is 3.48. The van der Waals surface area contributed by atoms with Crippen molar-refractivity contribution >= 4 is 12.0 Å². The number of nitrogens with zero attached hydrogens (tertiary/aromatic N) is 2. The first-order chi connectivity index (χ1) is 9.63. The maximum atomic E-state index is 12.7. The molecule has 5 nitrogen and oxygen atoms in total. The predicted octanol–water partition coefficient (Wildman–Crippen LogP) is 2.56. The van der Waals surface area contributed by atoms with Gasteiger partial charge in [0, 0.05) is 25.7 Å². The highest BCUT2D eigenvalue weighted by Crippen LogP contribution is 2.25. The number of amides is 2. The van der Waals surface area contributed by atoms with Gasteiger partial charge in [0.05, 0.1) is 5.92 Å². The summed E-state index contributed by atoms with van der Waals surface area (Å²) in [5.74, 6) is -1.17. The molecule has 1 aliphatic carbocycles. The monoisotopic (exact) mass is 282 g/mol. The molecule has 5 heteroatoms. The van der Waals surface area contributed by atoms with Crippen molar-refractivity contribution in [2.75, 3.05) is 19.6 Å². The summed E-state index contributed by atoms with van der Waals surface area (Å²) in [5.41, 5.74) is 0. The summed E-state index contributed by atoms with van der Waals surface area (Å²) < 4.78 is 0. The number of carbonyl (C=O) groups excluding carboxylic acids is 1. The number of aliphatic carboxylic acids is 1. The minimum atomic E-state index is -0.775. The molecule has 0 aromatic carbocycles. The van der Waals surface area contributed by atoms with Crippen molar-refractivity contribution in [3.8, 4) is 0 Å². The number of likely N-dealkylation sites (tertiary alicyclic amines) is 1. The van der Waals surface area contributed by atoms with Gasteiger partial charge in [-0.25, -0.2) is 4.79 Å². The molecule has 1 heterocycles. The summed E-state index contributed by atoms with van der Waals surface area (Å²) in [6.45, 7) is 3.81. The number of carboxylic acid groups (broad SMARTS) is 1. The quantitative estimate of drug-likeness (QED) is 0.865. The lowest BCUT2D eigenvalue weighted by Crippen LogP contribution is -2.52. The van der Waals surface area contributed by atoms with Gasteiger partial charge in [-0.2, -0.15) is 0 Å². The molecule has 0 radical (unpaired) electrons. The number of hydrogen-bond donors (Lipinski definition) is 1. The summed E-state index contributed by atoms with van der Waals surface area (Å²) in [6, 6.07) is 0.400. The van der Waals surface area contributed by atoms with E-state index in [-0.39, 0.29) is 6.03 Å². The molecule has 1 N–H and O–H groups in total. The minimum absolute atomic E-state index is 0.0466. The van der Waals surface area contributed by atoms with Gasteiger partial charge in [-0.05, 0) is 32.6 Å². The van der Waals surface area contributed by atoms with E-state index in [1.165, 1.54) is 19.3 Å². The van der Waals surface area contributed by atoms with Crippen LogP contribution in [0.4, 0.5) is 4.79 Å². The molecular formula is C15H26N2O3. The van der Waals surface area contributed by atoms with Gasteiger partial charge < -0.3 is 14.9 Å². The molecule has 114 valence electrons. The topological polar surface area (TPSA) is 60.9 Å². The number of urea groups is 1. The molecule has 1 saturated carbocycles. The normalized spacial score (nSPS) is 24.4. The van der Waals surface area contributed by atoms with E-state index in [0.717, 1.165) is 25.8 Å². The average Bonchev–Trinajstić information content (AvgIpc) is 2.49. The Morgan fingerprint density at radius 1 is 1.15 bits per heavy atom. The second-order valence-corrected chi connectivity index (χ2v) is 5.98. The fourth-order valence-corrected chi connectivity index (χ4v) is 3.48. The third-order valence-corrected chi connectivity index (χ3v) is 4.64. The molecule has 1 saturated heterocycles. The first-order valence-corrected chi connectivity index (χ1v) is 7.91. The van der Waals surface area contributed by atoms with E-state index in [4.69, 9.17) is 5.11 Å². The standard InChI is InChI=1S/C15H26N2O3/c1-2-17(13-8-4-3-5-9-13)15(20)16-10-6-7-12(11-16)14(18)19/h12-13H,2-11H2,1H3,(H,18,19). The predicted molar refractivity (Wildman–Crippen MR) is 76.6 cm³/mol. The molecule has 1 atom stereocenters. The van der Waals surface area contributed by atoms with Gasteiger partial charge in [0.15, 0.2) is 0 Å². The lowest BCUT2D eigenvalue weighted by Gasteiger charge is -2.39. The Hall–Kier alpha value is -1.26. The Morgan fingerprint density at radius 3 is 2.45 bits per heavy atom. The fraction of sp³-hybridized carbons (Fsp3) is 0.867. The highest BCUT2D eigenvalue weighted by molar-refractivity contribution is 5.77. The van der Waals surface area contributed by atoms with Crippen LogP contribution in [0.15, 0.2) is 0 Å². The van der Waals surface area contributed by atoms with Crippen LogP contribution < -0.4 is 0 Å². The van der Waals surface area contributed by atoms with E-state index in [9.17, 15) is 9.59 Å². The number of hydrogen-bond acceptors (Lipinski definition) is 2. The Morgan fingerprint density at radius 2 is 1.85 bits per heavy atom. The second kappa shape index (κ2) is 6.95. The van der Waals surface area contributed by atoms with Crippen molar-refractivity contribution in [3.63, 3.8) is 0 Å². The molecule has 1 aliphatic heterocycles. The highest BCUT2D eigenvalue weighted by atomic mass is 16.4. The van der Waals surface area contributed by atoms with Crippen LogP contribution in [-0.2, 0) is 4.79 Å². The third kappa shape index (κ3) is 3.44. The SMILES string of the molecule is CCN(C(=O)N1CCCC(C(=O)O)C1)C1CCCCC1. The molecule has 20 heavy (non-hydrogen) atoms. The van der Waals surface area contributed by atoms with Gasteiger partial charge in [-0.3, -0.25) is 4.79 Å². The lowest BCUT2D eigenvalue weighted by atomic mass is 9.94. The summed E-state index contributed by atoms with van der Waals surface area (Å²) in [7, 11) is 0. The molecule has 2 aliphatic rings. The van der Waals surface area contributed by atoms with E-state index in [1.54, 1.807) is 4.90 Å². The van der Waals surface area contributed by atoms with Crippen LogP contribution in [0.25, 0.3) is 0 Å². The van der Waals surface area contributed by atoms with E-state index >= 15 is 0 Å². The molecule has 0 spiro atoms. The van der Waals surface area contributed by atoms with Crippen molar-refractivity contribution < 1.29 is 14.7 Å². The van der Waals surface area contributed by atoms with Gasteiger partial charge in [0.25, 0.3) is 0 Å². The zero-order valence-corrected chi connectivity index (χ0v) is 12.4. The maximum absolute atomic E-state index is 12.7. The van der Waals surface area contributed by atoms with Crippen LogP contribution in [0.1, 0.15) is 51.9 Å². The first kappa shape index (κ1) is 15.1.